The topological polar surface area (TPSA) is 65.8 Å². The van der Waals surface area contributed by atoms with Crippen molar-refractivity contribution in [1.82, 2.24) is 4.90 Å². The van der Waals surface area contributed by atoms with Crippen molar-refractivity contribution >= 4 is 34.8 Å². The normalized spacial score (nSPS) is 18.0. The Balaban J connectivity index is 1.39. The molecule has 0 unspecified atom stereocenters. The maximum Gasteiger partial charge on any atom is 0.289 e. The summed E-state index contributed by atoms with van der Waals surface area (Å²) in [6, 6.07) is 9.08. The van der Waals surface area contributed by atoms with Gasteiger partial charge in [0.05, 0.1) is 17.6 Å². The van der Waals surface area contributed by atoms with Gasteiger partial charge in [0.1, 0.15) is 0 Å². The van der Waals surface area contributed by atoms with Crippen LogP contribution in [0.2, 0.25) is 5.02 Å². The molecule has 2 saturated heterocycles. The number of carbonyl (C=O) groups excluding carboxylic acids is 2. The zero-order chi connectivity index (χ0) is 20.2. The SMILES string of the molecule is O=C(Nc1cc(Cl)ccc1N1CCCCC1)C1CCN(C(=O)c2ccco2)CC1. The Kier molecular flexibility index (Phi) is 6.09. The van der Waals surface area contributed by atoms with E-state index in [1.807, 2.05) is 18.2 Å². The number of halogens is 1. The summed E-state index contributed by atoms with van der Waals surface area (Å²) in [4.78, 5) is 29.4. The minimum Gasteiger partial charge on any atom is -0.459 e. The van der Waals surface area contributed by atoms with Gasteiger partial charge in [0.25, 0.3) is 5.91 Å². The Bertz CT molecular complexity index is 854. The van der Waals surface area contributed by atoms with E-state index in [4.69, 9.17) is 16.0 Å². The highest BCUT2D eigenvalue weighted by molar-refractivity contribution is 6.31. The molecule has 0 spiro atoms. The maximum atomic E-state index is 12.9. The van der Waals surface area contributed by atoms with Crippen molar-refractivity contribution in [3.8, 4) is 0 Å². The van der Waals surface area contributed by atoms with Crippen LogP contribution in [0.5, 0.6) is 0 Å². The first-order valence-electron chi connectivity index (χ1n) is 10.3. The van der Waals surface area contributed by atoms with Crippen LogP contribution in [-0.4, -0.2) is 42.9 Å². The number of amides is 2. The Labute approximate surface area is 175 Å². The number of hydrogen-bond acceptors (Lipinski definition) is 4. The first-order chi connectivity index (χ1) is 14.1. The zero-order valence-corrected chi connectivity index (χ0v) is 17.2. The third-order valence-corrected chi connectivity index (χ3v) is 6.03. The molecule has 1 N–H and O–H groups in total. The van der Waals surface area contributed by atoms with Crippen molar-refractivity contribution in [2.45, 2.75) is 32.1 Å². The molecular formula is C22H26ClN3O3. The molecule has 0 saturated carbocycles. The molecular weight excluding hydrogens is 390 g/mol. The highest BCUT2D eigenvalue weighted by Crippen LogP contribution is 2.32. The third kappa shape index (κ3) is 4.58. The van der Waals surface area contributed by atoms with Gasteiger partial charge in [-0.15, -0.1) is 0 Å². The molecule has 0 aliphatic carbocycles. The number of anilines is 2. The number of likely N-dealkylation sites (tertiary alicyclic amines) is 1. The van der Waals surface area contributed by atoms with Crippen molar-refractivity contribution < 1.29 is 14.0 Å². The lowest BCUT2D eigenvalue weighted by Gasteiger charge is -2.32. The summed E-state index contributed by atoms with van der Waals surface area (Å²) in [5.41, 5.74) is 1.81. The molecule has 0 atom stereocenters. The summed E-state index contributed by atoms with van der Waals surface area (Å²) in [6.07, 6.45) is 6.35. The fourth-order valence-corrected chi connectivity index (χ4v) is 4.33. The van der Waals surface area contributed by atoms with E-state index in [2.05, 4.69) is 10.2 Å². The molecule has 29 heavy (non-hydrogen) atoms. The van der Waals surface area contributed by atoms with Crippen LogP contribution < -0.4 is 10.2 Å². The number of benzene rings is 1. The molecule has 1 aromatic carbocycles. The van der Waals surface area contributed by atoms with Crippen LogP contribution in [0.15, 0.2) is 41.0 Å². The number of carbonyl (C=O) groups is 2. The highest BCUT2D eigenvalue weighted by atomic mass is 35.5. The Hall–Kier alpha value is -2.47. The highest BCUT2D eigenvalue weighted by Gasteiger charge is 2.29. The van der Waals surface area contributed by atoms with Crippen LogP contribution in [0.1, 0.15) is 42.7 Å². The van der Waals surface area contributed by atoms with Crippen LogP contribution in [0.3, 0.4) is 0 Å². The molecule has 2 amide bonds. The third-order valence-electron chi connectivity index (χ3n) is 5.80. The second-order valence-corrected chi connectivity index (χ2v) is 8.18. The quantitative estimate of drug-likeness (QED) is 0.803. The van der Waals surface area contributed by atoms with E-state index in [-0.39, 0.29) is 17.7 Å². The minimum absolute atomic E-state index is 0.00405. The first-order valence-corrected chi connectivity index (χ1v) is 10.7. The predicted molar refractivity (Wildman–Crippen MR) is 113 cm³/mol. The van der Waals surface area contributed by atoms with Crippen molar-refractivity contribution in [1.29, 1.82) is 0 Å². The number of furan rings is 1. The molecule has 3 heterocycles. The molecule has 7 heteroatoms. The fraction of sp³-hybridized carbons (Fsp3) is 0.455. The number of nitrogens with zero attached hydrogens (tertiary/aromatic N) is 2. The van der Waals surface area contributed by atoms with Crippen LogP contribution in [-0.2, 0) is 4.79 Å². The summed E-state index contributed by atoms with van der Waals surface area (Å²) in [5.74, 6) is 0.105. The molecule has 2 aliphatic rings. The van der Waals surface area contributed by atoms with Gasteiger partial charge in [0.2, 0.25) is 5.91 Å². The van der Waals surface area contributed by atoms with Gasteiger partial charge in [0, 0.05) is 37.1 Å². The van der Waals surface area contributed by atoms with E-state index in [0.29, 0.717) is 36.7 Å². The minimum atomic E-state index is -0.121. The molecule has 0 radical (unpaired) electrons. The standard InChI is InChI=1S/C22H26ClN3O3/c23-17-6-7-19(25-10-2-1-3-11-25)18(15-17)24-21(27)16-8-12-26(13-9-16)22(28)20-5-4-14-29-20/h4-7,14-16H,1-3,8-13H2,(H,24,27). The van der Waals surface area contributed by atoms with E-state index >= 15 is 0 Å². The molecule has 1 aromatic heterocycles. The average molecular weight is 416 g/mol. The lowest BCUT2D eigenvalue weighted by atomic mass is 9.95. The van der Waals surface area contributed by atoms with Gasteiger partial charge in [-0.05, 0) is 62.4 Å². The Morgan fingerprint density at radius 2 is 1.79 bits per heavy atom. The lowest BCUT2D eigenvalue weighted by Crippen LogP contribution is -2.41. The maximum absolute atomic E-state index is 12.9. The summed E-state index contributed by atoms with van der Waals surface area (Å²) < 4.78 is 5.20. The van der Waals surface area contributed by atoms with E-state index < -0.39 is 0 Å². The summed E-state index contributed by atoms with van der Waals surface area (Å²) in [5, 5.41) is 3.71. The fourth-order valence-electron chi connectivity index (χ4n) is 4.15. The van der Waals surface area contributed by atoms with Gasteiger partial charge < -0.3 is 19.5 Å². The molecule has 154 valence electrons. The molecule has 2 aromatic rings. The molecule has 6 nitrogen and oxygen atoms in total. The summed E-state index contributed by atoms with van der Waals surface area (Å²) in [7, 11) is 0. The summed E-state index contributed by atoms with van der Waals surface area (Å²) >= 11 is 6.20. The zero-order valence-electron chi connectivity index (χ0n) is 16.4. The number of nitrogens with one attached hydrogen (secondary N) is 1. The smallest absolute Gasteiger partial charge is 0.289 e. The number of piperidine rings is 2. The van der Waals surface area contributed by atoms with Crippen LogP contribution >= 0.6 is 11.6 Å². The number of hydrogen-bond donors (Lipinski definition) is 1. The largest absolute Gasteiger partial charge is 0.459 e. The summed E-state index contributed by atoms with van der Waals surface area (Å²) in [6.45, 7) is 3.09. The van der Waals surface area contributed by atoms with Crippen molar-refractivity contribution in [2.24, 2.45) is 5.92 Å². The van der Waals surface area contributed by atoms with Crippen molar-refractivity contribution in [2.75, 3.05) is 36.4 Å². The van der Waals surface area contributed by atoms with Gasteiger partial charge in [0.15, 0.2) is 5.76 Å². The van der Waals surface area contributed by atoms with Crippen molar-refractivity contribution in [3.05, 3.63) is 47.4 Å². The predicted octanol–water partition coefficient (Wildman–Crippen LogP) is 4.41. The van der Waals surface area contributed by atoms with Crippen LogP contribution in [0.25, 0.3) is 0 Å². The van der Waals surface area contributed by atoms with E-state index in [9.17, 15) is 9.59 Å². The second kappa shape index (κ2) is 8.91. The average Bonchev–Trinajstić information content (AvgIpc) is 3.29. The lowest BCUT2D eigenvalue weighted by molar-refractivity contribution is -0.121. The Morgan fingerprint density at radius 1 is 1.03 bits per heavy atom. The van der Waals surface area contributed by atoms with Crippen LogP contribution in [0.4, 0.5) is 11.4 Å². The second-order valence-electron chi connectivity index (χ2n) is 7.74. The van der Waals surface area contributed by atoms with E-state index in [1.165, 1.54) is 12.7 Å². The van der Waals surface area contributed by atoms with Gasteiger partial charge in [-0.3, -0.25) is 9.59 Å². The molecule has 4 rings (SSSR count). The van der Waals surface area contributed by atoms with Gasteiger partial charge >= 0.3 is 0 Å². The number of rotatable bonds is 4. The molecule has 2 fully saturated rings. The molecule has 2 aliphatic heterocycles. The Morgan fingerprint density at radius 3 is 2.48 bits per heavy atom. The van der Waals surface area contributed by atoms with Gasteiger partial charge in [-0.25, -0.2) is 0 Å². The van der Waals surface area contributed by atoms with Gasteiger partial charge in [-0.1, -0.05) is 11.6 Å². The van der Waals surface area contributed by atoms with Crippen LogP contribution in [0, 0.1) is 5.92 Å². The molecule has 0 bridgehead atoms. The van der Waals surface area contributed by atoms with Gasteiger partial charge in [-0.2, -0.15) is 0 Å². The van der Waals surface area contributed by atoms with Crippen molar-refractivity contribution in [3.63, 3.8) is 0 Å². The monoisotopic (exact) mass is 415 g/mol. The van der Waals surface area contributed by atoms with E-state index in [1.54, 1.807) is 17.0 Å². The first kappa shape index (κ1) is 19.8. The van der Waals surface area contributed by atoms with E-state index in [0.717, 1.165) is 37.3 Å².